The predicted octanol–water partition coefficient (Wildman–Crippen LogP) is 3.98. The maximum atomic E-state index is 12.5. The standard InChI is InChI=1S/C22H25N3O4/c1-14-20(16-12-17(27-2)21(29-4)18(13-16)28-3)22(25-24-14)23-19(26)11-10-15-8-6-5-7-9-15/h5-9,12-13H,10-11H2,1-4H3,(H2,23,24,25,26). The maximum Gasteiger partial charge on any atom is 0.225 e. The second kappa shape index (κ2) is 9.14. The topological polar surface area (TPSA) is 85.5 Å². The molecular formula is C22H25N3O4. The summed E-state index contributed by atoms with van der Waals surface area (Å²) < 4.78 is 16.3. The first-order valence-corrected chi connectivity index (χ1v) is 9.26. The molecule has 1 amide bonds. The summed E-state index contributed by atoms with van der Waals surface area (Å²) in [6.45, 7) is 1.89. The summed E-state index contributed by atoms with van der Waals surface area (Å²) in [5, 5.41) is 10.1. The molecule has 152 valence electrons. The first-order chi connectivity index (χ1) is 14.1. The Hall–Kier alpha value is -3.48. The highest BCUT2D eigenvalue weighted by molar-refractivity contribution is 5.95. The van der Waals surface area contributed by atoms with Crippen molar-refractivity contribution >= 4 is 11.7 Å². The van der Waals surface area contributed by atoms with E-state index >= 15 is 0 Å². The molecule has 0 saturated heterocycles. The third kappa shape index (κ3) is 4.51. The monoisotopic (exact) mass is 395 g/mol. The maximum absolute atomic E-state index is 12.5. The van der Waals surface area contributed by atoms with E-state index in [-0.39, 0.29) is 5.91 Å². The molecule has 1 heterocycles. The Bertz CT molecular complexity index is 958. The fourth-order valence-corrected chi connectivity index (χ4v) is 3.20. The number of nitrogens with zero attached hydrogens (tertiary/aromatic N) is 1. The van der Waals surface area contributed by atoms with Gasteiger partial charge in [0, 0.05) is 17.7 Å². The number of amides is 1. The summed E-state index contributed by atoms with van der Waals surface area (Å²) in [6.07, 6.45) is 1.03. The van der Waals surface area contributed by atoms with Crippen LogP contribution in [0.5, 0.6) is 17.2 Å². The van der Waals surface area contributed by atoms with Crippen molar-refractivity contribution in [2.45, 2.75) is 19.8 Å². The largest absolute Gasteiger partial charge is 0.493 e. The van der Waals surface area contributed by atoms with Gasteiger partial charge in [0.2, 0.25) is 11.7 Å². The van der Waals surface area contributed by atoms with Gasteiger partial charge in [-0.25, -0.2) is 0 Å². The third-order valence-electron chi connectivity index (χ3n) is 4.64. The molecule has 1 aromatic heterocycles. The minimum atomic E-state index is -0.103. The van der Waals surface area contributed by atoms with Crippen molar-refractivity contribution < 1.29 is 19.0 Å². The van der Waals surface area contributed by atoms with Gasteiger partial charge < -0.3 is 19.5 Å². The van der Waals surface area contributed by atoms with Gasteiger partial charge >= 0.3 is 0 Å². The Morgan fingerprint density at radius 3 is 2.28 bits per heavy atom. The highest BCUT2D eigenvalue weighted by Crippen LogP contribution is 2.43. The number of hydrogen-bond acceptors (Lipinski definition) is 5. The van der Waals surface area contributed by atoms with Crippen molar-refractivity contribution in [3.8, 4) is 28.4 Å². The SMILES string of the molecule is COc1cc(-c2c(NC(=O)CCc3ccccc3)n[nH]c2C)cc(OC)c1OC. The van der Waals surface area contributed by atoms with Crippen LogP contribution in [0.4, 0.5) is 5.82 Å². The van der Waals surface area contributed by atoms with Gasteiger partial charge in [0.05, 0.1) is 21.3 Å². The highest BCUT2D eigenvalue weighted by atomic mass is 16.5. The molecule has 0 saturated carbocycles. The van der Waals surface area contributed by atoms with Gasteiger partial charge in [0.1, 0.15) is 0 Å². The van der Waals surface area contributed by atoms with E-state index in [1.54, 1.807) is 21.3 Å². The van der Waals surface area contributed by atoms with Gasteiger partial charge in [-0.05, 0) is 36.6 Å². The molecule has 0 radical (unpaired) electrons. The molecule has 3 aromatic rings. The number of benzene rings is 2. The zero-order valence-corrected chi connectivity index (χ0v) is 17.0. The van der Waals surface area contributed by atoms with Crippen molar-refractivity contribution in [3.63, 3.8) is 0 Å². The zero-order valence-electron chi connectivity index (χ0n) is 17.0. The molecule has 29 heavy (non-hydrogen) atoms. The number of H-pyrrole nitrogens is 1. The summed E-state index contributed by atoms with van der Waals surface area (Å²) in [7, 11) is 4.69. The van der Waals surface area contributed by atoms with E-state index in [1.807, 2.05) is 49.4 Å². The zero-order chi connectivity index (χ0) is 20.8. The molecule has 7 heteroatoms. The minimum Gasteiger partial charge on any atom is -0.493 e. The van der Waals surface area contributed by atoms with E-state index in [0.29, 0.717) is 35.9 Å². The molecule has 0 unspecified atom stereocenters. The van der Waals surface area contributed by atoms with Crippen LogP contribution in [-0.4, -0.2) is 37.4 Å². The number of hydrogen-bond donors (Lipinski definition) is 2. The number of aromatic nitrogens is 2. The number of anilines is 1. The second-order valence-corrected chi connectivity index (χ2v) is 6.52. The lowest BCUT2D eigenvalue weighted by molar-refractivity contribution is -0.116. The molecule has 7 nitrogen and oxygen atoms in total. The van der Waals surface area contributed by atoms with Gasteiger partial charge in [-0.2, -0.15) is 5.10 Å². The fraction of sp³-hybridized carbons (Fsp3) is 0.273. The normalized spacial score (nSPS) is 10.5. The fourth-order valence-electron chi connectivity index (χ4n) is 3.20. The van der Waals surface area contributed by atoms with E-state index < -0.39 is 0 Å². The van der Waals surface area contributed by atoms with Crippen LogP contribution in [0.15, 0.2) is 42.5 Å². The summed E-state index contributed by atoms with van der Waals surface area (Å²) in [5.41, 5.74) is 3.50. The quantitative estimate of drug-likeness (QED) is 0.603. The lowest BCUT2D eigenvalue weighted by Gasteiger charge is -2.14. The van der Waals surface area contributed by atoms with Crippen LogP contribution in [0.25, 0.3) is 11.1 Å². The smallest absolute Gasteiger partial charge is 0.225 e. The first kappa shape index (κ1) is 20.3. The first-order valence-electron chi connectivity index (χ1n) is 9.26. The van der Waals surface area contributed by atoms with Crippen molar-refractivity contribution in [1.82, 2.24) is 10.2 Å². The molecule has 0 atom stereocenters. The van der Waals surface area contributed by atoms with Gasteiger partial charge in [-0.1, -0.05) is 30.3 Å². The number of methoxy groups -OCH3 is 3. The predicted molar refractivity (Wildman–Crippen MR) is 112 cm³/mol. The van der Waals surface area contributed by atoms with Gasteiger partial charge in [0.15, 0.2) is 17.3 Å². The Morgan fingerprint density at radius 1 is 1.03 bits per heavy atom. The molecule has 2 N–H and O–H groups in total. The number of rotatable bonds is 8. The molecule has 0 fully saturated rings. The average Bonchev–Trinajstić information content (AvgIpc) is 3.11. The summed E-state index contributed by atoms with van der Waals surface area (Å²) in [5.74, 6) is 1.94. The van der Waals surface area contributed by atoms with Crippen LogP contribution in [0.2, 0.25) is 0 Å². The van der Waals surface area contributed by atoms with E-state index in [9.17, 15) is 4.79 Å². The molecular weight excluding hydrogens is 370 g/mol. The number of aromatic amines is 1. The van der Waals surface area contributed by atoms with Gasteiger partial charge in [-0.15, -0.1) is 0 Å². The molecule has 0 aliphatic rings. The number of aryl methyl sites for hydroxylation is 2. The van der Waals surface area contributed by atoms with Crippen LogP contribution in [-0.2, 0) is 11.2 Å². The average molecular weight is 395 g/mol. The van der Waals surface area contributed by atoms with Crippen LogP contribution >= 0.6 is 0 Å². The number of carbonyl (C=O) groups is 1. The van der Waals surface area contributed by atoms with Crippen molar-refractivity contribution in [2.24, 2.45) is 0 Å². The number of ether oxygens (including phenoxy) is 3. The van der Waals surface area contributed by atoms with E-state index in [1.165, 1.54) is 0 Å². The number of carbonyl (C=O) groups excluding carboxylic acids is 1. The Labute approximate surface area is 170 Å². The van der Waals surface area contributed by atoms with Crippen LogP contribution in [0.1, 0.15) is 17.7 Å². The van der Waals surface area contributed by atoms with Crippen LogP contribution in [0, 0.1) is 6.92 Å². The molecule has 0 aliphatic heterocycles. The highest BCUT2D eigenvalue weighted by Gasteiger charge is 2.20. The van der Waals surface area contributed by atoms with E-state index in [4.69, 9.17) is 14.2 Å². The molecule has 3 rings (SSSR count). The number of nitrogens with one attached hydrogen (secondary N) is 2. The summed E-state index contributed by atoms with van der Waals surface area (Å²) in [6, 6.07) is 13.6. The summed E-state index contributed by atoms with van der Waals surface area (Å²) >= 11 is 0. The van der Waals surface area contributed by atoms with E-state index in [0.717, 1.165) is 22.4 Å². The lowest BCUT2D eigenvalue weighted by atomic mass is 10.0. The lowest BCUT2D eigenvalue weighted by Crippen LogP contribution is -2.13. The van der Waals surface area contributed by atoms with Crippen molar-refractivity contribution in [1.29, 1.82) is 0 Å². The van der Waals surface area contributed by atoms with Gasteiger partial charge in [0.25, 0.3) is 0 Å². The van der Waals surface area contributed by atoms with Gasteiger partial charge in [-0.3, -0.25) is 9.89 Å². The van der Waals surface area contributed by atoms with Crippen molar-refractivity contribution in [3.05, 3.63) is 53.7 Å². The Kier molecular flexibility index (Phi) is 6.39. The minimum absolute atomic E-state index is 0.103. The van der Waals surface area contributed by atoms with Crippen LogP contribution < -0.4 is 19.5 Å². The van der Waals surface area contributed by atoms with E-state index in [2.05, 4.69) is 15.5 Å². The molecule has 2 aromatic carbocycles. The molecule has 0 spiro atoms. The summed E-state index contributed by atoms with van der Waals surface area (Å²) in [4.78, 5) is 12.5. The van der Waals surface area contributed by atoms with Crippen molar-refractivity contribution in [2.75, 3.05) is 26.6 Å². The van der Waals surface area contributed by atoms with Crippen LogP contribution in [0.3, 0.4) is 0 Å². The molecule has 0 aliphatic carbocycles. The second-order valence-electron chi connectivity index (χ2n) is 6.52. The Morgan fingerprint density at radius 2 is 1.69 bits per heavy atom. The molecule has 0 bridgehead atoms. The third-order valence-corrected chi connectivity index (χ3v) is 4.64. The Balaban J connectivity index is 1.85.